The molecule has 1 N–H and O–H groups in total. The number of nitrogens with one attached hydrogen (secondary N) is 1. The first-order chi connectivity index (χ1) is 11.1. The molecule has 0 unspecified atom stereocenters. The highest BCUT2D eigenvalue weighted by Crippen LogP contribution is 2.23. The van der Waals surface area contributed by atoms with E-state index in [-0.39, 0.29) is 24.8 Å². The summed E-state index contributed by atoms with van der Waals surface area (Å²) >= 11 is 0. The first-order valence-electron chi connectivity index (χ1n) is 8.81. The molecule has 3 heterocycles. The second-order valence-corrected chi connectivity index (χ2v) is 6.98. The lowest BCUT2D eigenvalue weighted by Gasteiger charge is -2.30. The number of nitrogens with zero attached hydrogens (tertiary/aromatic N) is 4. The van der Waals surface area contributed by atoms with E-state index in [9.17, 15) is 4.79 Å². The summed E-state index contributed by atoms with van der Waals surface area (Å²) < 4.78 is 2.27. The van der Waals surface area contributed by atoms with Crippen LogP contribution in [0.5, 0.6) is 0 Å². The number of amides is 1. The summed E-state index contributed by atoms with van der Waals surface area (Å²) in [5.41, 5.74) is 2.58. The highest BCUT2D eigenvalue weighted by molar-refractivity contribution is 5.85. The highest BCUT2D eigenvalue weighted by atomic mass is 35.5. The number of hydrogen-bond donors (Lipinski definition) is 1. The zero-order valence-electron chi connectivity index (χ0n) is 15.5. The molecule has 25 heavy (non-hydrogen) atoms. The lowest BCUT2D eigenvalue weighted by Crippen LogP contribution is -2.47. The molecule has 0 saturated carbocycles. The van der Waals surface area contributed by atoms with Crippen LogP contribution >= 0.6 is 24.8 Å². The first-order valence-corrected chi connectivity index (χ1v) is 8.81. The third-order valence-corrected chi connectivity index (χ3v) is 5.00. The van der Waals surface area contributed by atoms with Crippen LogP contribution in [0.2, 0.25) is 0 Å². The molecule has 0 aromatic carbocycles. The number of rotatable bonds is 4. The van der Waals surface area contributed by atoms with Gasteiger partial charge in [-0.15, -0.1) is 24.8 Å². The average Bonchev–Trinajstić information content (AvgIpc) is 2.90. The molecular weight excluding hydrogens is 361 g/mol. The van der Waals surface area contributed by atoms with Crippen molar-refractivity contribution in [3.05, 3.63) is 17.2 Å². The Morgan fingerprint density at radius 1 is 1.20 bits per heavy atom. The van der Waals surface area contributed by atoms with Crippen LogP contribution in [-0.4, -0.2) is 64.5 Å². The molecule has 0 bridgehead atoms. The molecule has 1 amide bonds. The van der Waals surface area contributed by atoms with Crippen molar-refractivity contribution >= 4 is 30.7 Å². The summed E-state index contributed by atoms with van der Waals surface area (Å²) in [6.45, 7) is 10.7. The molecule has 3 rings (SSSR count). The predicted molar refractivity (Wildman–Crippen MR) is 105 cm³/mol. The molecule has 0 radical (unpaired) electrons. The lowest BCUT2D eigenvalue weighted by atomic mass is 10.1. The Labute approximate surface area is 163 Å². The van der Waals surface area contributed by atoms with Crippen LogP contribution in [0.3, 0.4) is 0 Å². The maximum atomic E-state index is 12.3. The van der Waals surface area contributed by atoms with Crippen LogP contribution in [0.15, 0.2) is 0 Å². The average molecular weight is 392 g/mol. The number of carbonyl (C=O) groups excluding carboxylic acids is 1. The molecule has 0 atom stereocenters. The van der Waals surface area contributed by atoms with Crippen molar-refractivity contribution in [2.75, 3.05) is 39.3 Å². The van der Waals surface area contributed by atoms with Gasteiger partial charge >= 0.3 is 0 Å². The molecule has 1 saturated heterocycles. The van der Waals surface area contributed by atoms with Gasteiger partial charge in [0.15, 0.2) is 0 Å². The standard InChI is InChI=1S/C17H29N5O.2ClH/c1-13(2)17-19-14-12-21(8-4-15(14)20(17)3)9-5-16(23)22-10-6-18-7-11-22;;/h13,18H,4-12H2,1-3H3;2*1H. The second kappa shape index (κ2) is 9.76. The fourth-order valence-corrected chi connectivity index (χ4v) is 3.64. The summed E-state index contributed by atoms with van der Waals surface area (Å²) in [5, 5.41) is 3.29. The molecule has 2 aliphatic heterocycles. The number of piperazine rings is 1. The van der Waals surface area contributed by atoms with Gasteiger partial charge < -0.3 is 14.8 Å². The second-order valence-electron chi connectivity index (χ2n) is 6.98. The molecule has 1 aromatic rings. The summed E-state index contributed by atoms with van der Waals surface area (Å²) in [6, 6.07) is 0. The van der Waals surface area contributed by atoms with Gasteiger partial charge in [-0.05, 0) is 0 Å². The van der Waals surface area contributed by atoms with Crippen molar-refractivity contribution < 1.29 is 4.79 Å². The molecule has 0 spiro atoms. The number of halogens is 2. The Morgan fingerprint density at radius 2 is 1.88 bits per heavy atom. The van der Waals surface area contributed by atoms with Gasteiger partial charge in [0.2, 0.25) is 5.91 Å². The molecule has 0 aliphatic carbocycles. The number of aromatic nitrogens is 2. The fourth-order valence-electron chi connectivity index (χ4n) is 3.64. The Hall–Kier alpha value is -0.820. The van der Waals surface area contributed by atoms with E-state index in [2.05, 4.69) is 35.7 Å². The SMILES string of the molecule is CC(C)c1nc2c(n1C)CCN(CCC(=O)N1CCNCC1)C2.Cl.Cl. The van der Waals surface area contributed by atoms with Crippen molar-refractivity contribution in [2.45, 2.75) is 39.2 Å². The minimum Gasteiger partial charge on any atom is -0.340 e. The summed E-state index contributed by atoms with van der Waals surface area (Å²) in [7, 11) is 2.13. The zero-order valence-corrected chi connectivity index (χ0v) is 17.1. The molecular formula is C17H31Cl2N5O. The van der Waals surface area contributed by atoms with E-state index < -0.39 is 0 Å². The largest absolute Gasteiger partial charge is 0.340 e. The van der Waals surface area contributed by atoms with Crippen LogP contribution < -0.4 is 5.32 Å². The van der Waals surface area contributed by atoms with Crippen molar-refractivity contribution in [1.82, 2.24) is 24.7 Å². The molecule has 144 valence electrons. The van der Waals surface area contributed by atoms with E-state index in [1.54, 1.807) is 0 Å². The van der Waals surface area contributed by atoms with E-state index >= 15 is 0 Å². The maximum absolute atomic E-state index is 12.3. The monoisotopic (exact) mass is 391 g/mol. The third kappa shape index (κ3) is 5.09. The predicted octanol–water partition coefficient (Wildman–Crippen LogP) is 1.57. The van der Waals surface area contributed by atoms with E-state index in [0.717, 1.165) is 52.2 Å². The quantitative estimate of drug-likeness (QED) is 0.845. The third-order valence-electron chi connectivity index (χ3n) is 5.00. The van der Waals surface area contributed by atoms with Crippen LogP contribution in [0.25, 0.3) is 0 Å². The number of hydrogen-bond acceptors (Lipinski definition) is 4. The zero-order chi connectivity index (χ0) is 16.4. The number of imidazole rings is 1. The van der Waals surface area contributed by atoms with Crippen LogP contribution in [0.1, 0.15) is 43.4 Å². The summed E-state index contributed by atoms with van der Waals surface area (Å²) in [5.74, 6) is 1.92. The van der Waals surface area contributed by atoms with Crippen molar-refractivity contribution in [1.29, 1.82) is 0 Å². The minimum absolute atomic E-state index is 0. The van der Waals surface area contributed by atoms with Crippen molar-refractivity contribution in [3.63, 3.8) is 0 Å². The first kappa shape index (κ1) is 22.2. The molecule has 6 nitrogen and oxygen atoms in total. The van der Waals surface area contributed by atoms with E-state index in [1.165, 1.54) is 17.2 Å². The minimum atomic E-state index is 0. The topological polar surface area (TPSA) is 53.4 Å². The van der Waals surface area contributed by atoms with Gasteiger partial charge in [-0.3, -0.25) is 9.69 Å². The number of fused-ring (bicyclic) bond motifs is 1. The van der Waals surface area contributed by atoms with Crippen LogP contribution in [0, 0.1) is 0 Å². The Kier molecular flexibility index (Phi) is 8.68. The Balaban J connectivity index is 0.00000156. The smallest absolute Gasteiger partial charge is 0.223 e. The molecule has 8 heteroatoms. The molecule has 1 fully saturated rings. The fraction of sp³-hybridized carbons (Fsp3) is 0.765. The van der Waals surface area contributed by atoms with E-state index in [4.69, 9.17) is 4.98 Å². The molecule has 2 aliphatic rings. The van der Waals surface area contributed by atoms with Gasteiger partial charge in [0.05, 0.1) is 5.69 Å². The van der Waals surface area contributed by atoms with Crippen LogP contribution in [-0.2, 0) is 24.8 Å². The van der Waals surface area contributed by atoms with Gasteiger partial charge in [0, 0.05) is 77.3 Å². The highest BCUT2D eigenvalue weighted by Gasteiger charge is 2.24. The van der Waals surface area contributed by atoms with Gasteiger partial charge in [-0.2, -0.15) is 0 Å². The van der Waals surface area contributed by atoms with Gasteiger partial charge in [0.25, 0.3) is 0 Å². The van der Waals surface area contributed by atoms with E-state index in [1.807, 2.05) is 4.90 Å². The van der Waals surface area contributed by atoms with Gasteiger partial charge in [0.1, 0.15) is 5.82 Å². The van der Waals surface area contributed by atoms with Crippen molar-refractivity contribution in [2.24, 2.45) is 7.05 Å². The number of carbonyl (C=O) groups is 1. The Morgan fingerprint density at radius 3 is 2.52 bits per heavy atom. The Bertz CT molecular complexity index is 570. The van der Waals surface area contributed by atoms with Gasteiger partial charge in [-0.1, -0.05) is 13.8 Å². The van der Waals surface area contributed by atoms with E-state index in [0.29, 0.717) is 18.2 Å². The normalized spacial score (nSPS) is 17.7. The lowest BCUT2D eigenvalue weighted by molar-refractivity contribution is -0.132. The maximum Gasteiger partial charge on any atom is 0.223 e. The van der Waals surface area contributed by atoms with Gasteiger partial charge in [-0.25, -0.2) is 4.98 Å². The van der Waals surface area contributed by atoms with Crippen molar-refractivity contribution in [3.8, 4) is 0 Å². The summed E-state index contributed by atoms with van der Waals surface area (Å²) in [6.07, 6.45) is 1.66. The van der Waals surface area contributed by atoms with Crippen LogP contribution in [0.4, 0.5) is 0 Å². The summed E-state index contributed by atoms with van der Waals surface area (Å²) in [4.78, 5) is 21.5. The molecule has 1 aromatic heterocycles.